The molecule has 4 nitrogen and oxygen atoms in total. The fraction of sp³-hybridized carbons (Fsp3) is 0.400. The van der Waals surface area contributed by atoms with E-state index in [1.54, 1.807) is 0 Å². The molecule has 2 N–H and O–H groups in total. The van der Waals surface area contributed by atoms with Crippen LogP contribution >= 0.6 is 0 Å². The molecule has 0 radical (unpaired) electrons. The van der Waals surface area contributed by atoms with Crippen LogP contribution in [-0.4, -0.2) is 16.8 Å². The summed E-state index contributed by atoms with van der Waals surface area (Å²) in [6, 6.07) is 6.11. The molecule has 1 aromatic heterocycles. The molecule has 0 aliphatic heterocycles. The van der Waals surface area contributed by atoms with E-state index in [1.165, 1.54) is 11.1 Å². The van der Waals surface area contributed by atoms with Crippen LogP contribution in [0.15, 0.2) is 18.2 Å². The summed E-state index contributed by atoms with van der Waals surface area (Å²) < 4.78 is 5.49. The number of hydrogen-bond donors (Lipinski definition) is 2. The third kappa shape index (κ3) is 3.08. The summed E-state index contributed by atoms with van der Waals surface area (Å²) in [6.45, 7) is 9.61. The average molecular weight is 259 g/mol. The monoisotopic (exact) mass is 259 g/mol. The molecule has 0 atom stereocenters. The molecule has 2 aromatic rings. The zero-order chi connectivity index (χ0) is 13.8. The Morgan fingerprint density at radius 2 is 2.05 bits per heavy atom. The van der Waals surface area contributed by atoms with Crippen molar-refractivity contribution in [3.8, 4) is 5.75 Å². The molecule has 102 valence electrons. The van der Waals surface area contributed by atoms with Crippen molar-refractivity contribution in [2.75, 3.05) is 11.9 Å². The summed E-state index contributed by atoms with van der Waals surface area (Å²) in [6.07, 6.45) is 0. The van der Waals surface area contributed by atoms with Crippen molar-refractivity contribution in [3.05, 3.63) is 40.7 Å². The first-order chi connectivity index (χ1) is 9.11. The molecule has 0 saturated heterocycles. The largest absolute Gasteiger partial charge is 0.494 e. The summed E-state index contributed by atoms with van der Waals surface area (Å²) in [5.74, 6) is 0.918. The Kier molecular flexibility index (Phi) is 4.10. The van der Waals surface area contributed by atoms with E-state index < -0.39 is 0 Å². The quantitative estimate of drug-likeness (QED) is 0.865. The zero-order valence-corrected chi connectivity index (χ0v) is 12.0. The van der Waals surface area contributed by atoms with Gasteiger partial charge in [0.2, 0.25) is 0 Å². The number of aromatic nitrogens is 2. The standard InChI is InChI=1S/C15H21N3O/c1-5-19-13-6-7-15(10(2)8-13)16-9-14-11(3)17-18-12(14)4/h6-8,16H,5,9H2,1-4H3,(H,17,18). The van der Waals surface area contributed by atoms with E-state index in [4.69, 9.17) is 4.74 Å². The van der Waals surface area contributed by atoms with Gasteiger partial charge in [-0.15, -0.1) is 0 Å². The average Bonchev–Trinajstić information content (AvgIpc) is 2.69. The van der Waals surface area contributed by atoms with Crippen molar-refractivity contribution in [2.45, 2.75) is 34.2 Å². The Bertz CT molecular complexity index is 541. The summed E-state index contributed by atoms with van der Waals surface area (Å²) in [5.41, 5.74) is 5.71. The van der Waals surface area contributed by atoms with Crippen LogP contribution < -0.4 is 10.1 Å². The van der Waals surface area contributed by atoms with Crippen molar-refractivity contribution in [1.82, 2.24) is 10.2 Å². The maximum absolute atomic E-state index is 5.49. The number of hydrogen-bond acceptors (Lipinski definition) is 3. The molecule has 0 fully saturated rings. The molecule has 0 saturated carbocycles. The fourth-order valence-corrected chi connectivity index (χ4v) is 2.11. The lowest BCUT2D eigenvalue weighted by Gasteiger charge is -2.11. The SMILES string of the molecule is CCOc1ccc(NCc2c(C)n[nH]c2C)c(C)c1. The van der Waals surface area contributed by atoms with Gasteiger partial charge in [-0.2, -0.15) is 5.10 Å². The van der Waals surface area contributed by atoms with Gasteiger partial charge < -0.3 is 10.1 Å². The second kappa shape index (κ2) is 5.78. The Hall–Kier alpha value is -1.97. The summed E-state index contributed by atoms with van der Waals surface area (Å²) in [7, 11) is 0. The molecular weight excluding hydrogens is 238 g/mol. The molecule has 0 amide bonds. The van der Waals surface area contributed by atoms with Gasteiger partial charge in [0.15, 0.2) is 0 Å². The first-order valence-corrected chi connectivity index (χ1v) is 6.59. The molecule has 1 heterocycles. The van der Waals surface area contributed by atoms with E-state index in [0.29, 0.717) is 6.61 Å². The first kappa shape index (κ1) is 13.5. The topological polar surface area (TPSA) is 49.9 Å². The van der Waals surface area contributed by atoms with E-state index in [2.05, 4.69) is 34.6 Å². The number of nitrogens with one attached hydrogen (secondary N) is 2. The molecule has 0 unspecified atom stereocenters. The molecule has 4 heteroatoms. The molecule has 2 rings (SSSR count). The normalized spacial score (nSPS) is 10.5. The second-order valence-corrected chi connectivity index (χ2v) is 4.68. The molecule has 0 aliphatic rings. The van der Waals surface area contributed by atoms with Gasteiger partial charge in [-0.3, -0.25) is 5.10 Å². The van der Waals surface area contributed by atoms with Gasteiger partial charge in [0.1, 0.15) is 5.75 Å². The maximum atomic E-state index is 5.49. The number of ether oxygens (including phenoxy) is 1. The highest BCUT2D eigenvalue weighted by molar-refractivity contribution is 5.54. The maximum Gasteiger partial charge on any atom is 0.119 e. The van der Waals surface area contributed by atoms with Crippen LogP contribution in [0.4, 0.5) is 5.69 Å². The van der Waals surface area contributed by atoms with Crippen LogP contribution in [-0.2, 0) is 6.54 Å². The van der Waals surface area contributed by atoms with Crippen LogP contribution in [0.3, 0.4) is 0 Å². The Labute approximate surface area is 114 Å². The van der Waals surface area contributed by atoms with Crippen molar-refractivity contribution < 1.29 is 4.74 Å². The summed E-state index contributed by atoms with van der Waals surface area (Å²) in [4.78, 5) is 0. The zero-order valence-electron chi connectivity index (χ0n) is 12.0. The van der Waals surface area contributed by atoms with Gasteiger partial charge in [0.25, 0.3) is 0 Å². The lowest BCUT2D eigenvalue weighted by molar-refractivity contribution is 0.340. The summed E-state index contributed by atoms with van der Waals surface area (Å²) >= 11 is 0. The van der Waals surface area contributed by atoms with E-state index in [9.17, 15) is 0 Å². The third-order valence-corrected chi connectivity index (χ3v) is 3.25. The van der Waals surface area contributed by atoms with Gasteiger partial charge in [-0.05, 0) is 51.5 Å². The van der Waals surface area contributed by atoms with Gasteiger partial charge >= 0.3 is 0 Å². The molecule has 0 aliphatic carbocycles. The van der Waals surface area contributed by atoms with Crippen molar-refractivity contribution in [1.29, 1.82) is 0 Å². The highest BCUT2D eigenvalue weighted by Crippen LogP contribution is 2.22. The second-order valence-electron chi connectivity index (χ2n) is 4.68. The van der Waals surface area contributed by atoms with Crippen molar-refractivity contribution >= 4 is 5.69 Å². The van der Waals surface area contributed by atoms with Crippen LogP contribution in [0.5, 0.6) is 5.75 Å². The van der Waals surface area contributed by atoms with Crippen molar-refractivity contribution in [3.63, 3.8) is 0 Å². The Balaban J connectivity index is 2.08. The van der Waals surface area contributed by atoms with Crippen LogP contribution in [0.1, 0.15) is 29.4 Å². The van der Waals surface area contributed by atoms with Gasteiger partial charge in [0.05, 0.1) is 12.3 Å². The minimum absolute atomic E-state index is 0.694. The summed E-state index contributed by atoms with van der Waals surface area (Å²) in [5, 5.41) is 10.7. The molecule has 19 heavy (non-hydrogen) atoms. The van der Waals surface area contributed by atoms with Gasteiger partial charge in [-0.25, -0.2) is 0 Å². The number of H-pyrrole nitrogens is 1. The van der Waals surface area contributed by atoms with E-state index in [1.807, 2.05) is 26.8 Å². The van der Waals surface area contributed by atoms with E-state index >= 15 is 0 Å². The van der Waals surface area contributed by atoms with Crippen LogP contribution in [0, 0.1) is 20.8 Å². The number of aryl methyl sites for hydroxylation is 3. The van der Waals surface area contributed by atoms with Crippen LogP contribution in [0.25, 0.3) is 0 Å². The number of nitrogens with zero attached hydrogens (tertiary/aromatic N) is 1. The minimum Gasteiger partial charge on any atom is -0.494 e. The number of anilines is 1. The minimum atomic E-state index is 0.694. The lowest BCUT2D eigenvalue weighted by Crippen LogP contribution is -2.03. The van der Waals surface area contributed by atoms with Gasteiger partial charge in [0, 0.05) is 23.5 Å². The highest BCUT2D eigenvalue weighted by Gasteiger charge is 2.07. The van der Waals surface area contributed by atoms with Crippen molar-refractivity contribution in [2.24, 2.45) is 0 Å². The lowest BCUT2D eigenvalue weighted by atomic mass is 10.1. The Morgan fingerprint density at radius 1 is 1.26 bits per heavy atom. The predicted octanol–water partition coefficient (Wildman–Crippen LogP) is 3.35. The molecule has 1 aromatic carbocycles. The fourth-order valence-electron chi connectivity index (χ4n) is 2.11. The first-order valence-electron chi connectivity index (χ1n) is 6.59. The Morgan fingerprint density at radius 3 is 2.63 bits per heavy atom. The number of benzene rings is 1. The molecular formula is C15H21N3O. The van der Waals surface area contributed by atoms with Gasteiger partial charge in [-0.1, -0.05) is 0 Å². The number of rotatable bonds is 5. The molecule has 0 bridgehead atoms. The predicted molar refractivity (Wildman–Crippen MR) is 77.7 cm³/mol. The van der Waals surface area contributed by atoms with E-state index in [0.717, 1.165) is 29.4 Å². The third-order valence-electron chi connectivity index (χ3n) is 3.25. The highest BCUT2D eigenvalue weighted by atomic mass is 16.5. The van der Waals surface area contributed by atoms with E-state index in [-0.39, 0.29) is 0 Å². The number of aromatic amines is 1. The van der Waals surface area contributed by atoms with Crippen LogP contribution in [0.2, 0.25) is 0 Å². The smallest absolute Gasteiger partial charge is 0.119 e. The molecule has 0 spiro atoms.